The Balaban J connectivity index is 2.27. The van der Waals surface area contributed by atoms with Crippen molar-refractivity contribution in [3.8, 4) is 0 Å². The van der Waals surface area contributed by atoms with Crippen molar-refractivity contribution in [1.29, 1.82) is 0 Å². The highest BCUT2D eigenvalue weighted by atomic mass is 14.9. The molecule has 0 spiro atoms. The van der Waals surface area contributed by atoms with Crippen LogP contribution in [0.25, 0.3) is 10.9 Å². The second kappa shape index (κ2) is 2.86. The molecule has 2 heteroatoms. The van der Waals surface area contributed by atoms with Crippen LogP contribution in [0.4, 0.5) is 0 Å². The smallest absolute Gasteiger partial charge is 0.0481 e. The number of nitrogens with zero attached hydrogens (tertiary/aromatic N) is 1. The summed E-state index contributed by atoms with van der Waals surface area (Å²) in [4.78, 5) is 0. The lowest BCUT2D eigenvalue weighted by Gasteiger charge is -2.38. The van der Waals surface area contributed by atoms with Gasteiger partial charge >= 0.3 is 0 Å². The maximum Gasteiger partial charge on any atom is 0.0481 e. The van der Waals surface area contributed by atoms with Crippen LogP contribution in [-0.4, -0.2) is 4.57 Å². The highest BCUT2D eigenvalue weighted by Gasteiger charge is 2.36. The SMILES string of the molecule is Cn1cc(C2(N)CCC2)c2ccccc21. The molecule has 1 aliphatic rings. The lowest BCUT2D eigenvalue weighted by Crippen LogP contribution is -2.43. The number of aromatic nitrogens is 1. The molecule has 0 aliphatic heterocycles. The molecule has 0 amide bonds. The van der Waals surface area contributed by atoms with Crippen LogP contribution in [0, 0.1) is 0 Å². The molecular formula is C13H16N2. The molecule has 15 heavy (non-hydrogen) atoms. The average molecular weight is 200 g/mol. The van der Waals surface area contributed by atoms with Crippen molar-refractivity contribution in [2.45, 2.75) is 24.8 Å². The van der Waals surface area contributed by atoms with Gasteiger partial charge in [0.25, 0.3) is 0 Å². The summed E-state index contributed by atoms with van der Waals surface area (Å²) in [6.45, 7) is 0. The van der Waals surface area contributed by atoms with Gasteiger partial charge in [-0.05, 0) is 30.9 Å². The van der Waals surface area contributed by atoms with Crippen LogP contribution >= 0.6 is 0 Å². The number of benzene rings is 1. The van der Waals surface area contributed by atoms with Gasteiger partial charge in [-0.15, -0.1) is 0 Å². The molecule has 1 aliphatic carbocycles. The van der Waals surface area contributed by atoms with Crippen molar-refractivity contribution in [2.24, 2.45) is 12.8 Å². The van der Waals surface area contributed by atoms with Crippen molar-refractivity contribution in [3.63, 3.8) is 0 Å². The van der Waals surface area contributed by atoms with E-state index in [2.05, 4.69) is 42.1 Å². The summed E-state index contributed by atoms with van der Waals surface area (Å²) in [6, 6.07) is 8.50. The molecule has 0 bridgehead atoms. The minimum absolute atomic E-state index is 0.0547. The van der Waals surface area contributed by atoms with E-state index in [1.165, 1.54) is 22.9 Å². The third kappa shape index (κ3) is 1.15. The van der Waals surface area contributed by atoms with E-state index in [1.54, 1.807) is 0 Å². The number of fused-ring (bicyclic) bond motifs is 1. The topological polar surface area (TPSA) is 30.9 Å². The first kappa shape index (κ1) is 8.98. The van der Waals surface area contributed by atoms with Crippen LogP contribution in [0.2, 0.25) is 0 Å². The Bertz CT molecular complexity index is 506. The maximum atomic E-state index is 6.39. The van der Waals surface area contributed by atoms with Gasteiger partial charge < -0.3 is 10.3 Å². The number of rotatable bonds is 1. The van der Waals surface area contributed by atoms with E-state index in [0.29, 0.717) is 0 Å². The number of hydrogen-bond acceptors (Lipinski definition) is 1. The molecule has 2 nitrogen and oxygen atoms in total. The summed E-state index contributed by atoms with van der Waals surface area (Å²) < 4.78 is 2.18. The van der Waals surface area contributed by atoms with E-state index >= 15 is 0 Å². The van der Waals surface area contributed by atoms with Crippen molar-refractivity contribution in [3.05, 3.63) is 36.0 Å². The molecule has 2 aromatic rings. The summed E-state index contributed by atoms with van der Waals surface area (Å²) in [5, 5.41) is 1.32. The second-order valence-electron chi connectivity index (χ2n) is 4.68. The molecule has 1 aromatic heterocycles. The van der Waals surface area contributed by atoms with Gasteiger partial charge in [0.15, 0.2) is 0 Å². The predicted molar refractivity (Wildman–Crippen MR) is 62.6 cm³/mol. The third-order valence-corrected chi connectivity index (χ3v) is 3.68. The molecule has 0 saturated heterocycles. The summed E-state index contributed by atoms with van der Waals surface area (Å²) >= 11 is 0. The number of aryl methyl sites for hydroxylation is 1. The molecule has 0 atom stereocenters. The fraction of sp³-hybridized carbons (Fsp3) is 0.385. The van der Waals surface area contributed by atoms with Crippen molar-refractivity contribution < 1.29 is 0 Å². The average Bonchev–Trinajstić information content (AvgIpc) is 2.54. The molecule has 1 heterocycles. The molecule has 3 rings (SSSR count). The lowest BCUT2D eigenvalue weighted by molar-refractivity contribution is 0.255. The zero-order valence-electron chi connectivity index (χ0n) is 9.03. The second-order valence-corrected chi connectivity index (χ2v) is 4.68. The highest BCUT2D eigenvalue weighted by Crippen LogP contribution is 2.42. The third-order valence-electron chi connectivity index (χ3n) is 3.68. The number of hydrogen-bond donors (Lipinski definition) is 1. The van der Waals surface area contributed by atoms with Crippen molar-refractivity contribution >= 4 is 10.9 Å². The highest BCUT2D eigenvalue weighted by molar-refractivity contribution is 5.85. The van der Waals surface area contributed by atoms with Gasteiger partial charge in [-0.2, -0.15) is 0 Å². The number of para-hydroxylation sites is 1. The molecule has 1 saturated carbocycles. The Morgan fingerprint density at radius 2 is 2.00 bits per heavy atom. The Labute approximate surface area is 89.7 Å². The summed E-state index contributed by atoms with van der Waals surface area (Å²) in [5.74, 6) is 0. The molecule has 0 unspecified atom stereocenters. The summed E-state index contributed by atoms with van der Waals surface area (Å²) in [7, 11) is 2.09. The fourth-order valence-electron chi connectivity index (χ4n) is 2.57. The molecule has 2 N–H and O–H groups in total. The fourth-order valence-corrected chi connectivity index (χ4v) is 2.57. The van der Waals surface area contributed by atoms with Gasteiger partial charge in [-0.25, -0.2) is 0 Å². The quantitative estimate of drug-likeness (QED) is 0.753. The Hall–Kier alpha value is -1.28. The van der Waals surface area contributed by atoms with E-state index in [0.717, 1.165) is 12.8 Å². The standard InChI is InChI=1S/C13H16N2/c1-15-9-11(13(14)7-4-8-13)10-5-2-3-6-12(10)15/h2-3,5-6,9H,4,7-8,14H2,1H3. The van der Waals surface area contributed by atoms with Crippen LogP contribution in [0.15, 0.2) is 30.5 Å². The van der Waals surface area contributed by atoms with Gasteiger partial charge in [-0.1, -0.05) is 18.2 Å². The van der Waals surface area contributed by atoms with E-state index in [9.17, 15) is 0 Å². The first-order chi connectivity index (χ1) is 7.21. The van der Waals surface area contributed by atoms with Gasteiger partial charge in [-0.3, -0.25) is 0 Å². The van der Waals surface area contributed by atoms with Gasteiger partial charge in [0.1, 0.15) is 0 Å². The van der Waals surface area contributed by atoms with Crippen LogP contribution < -0.4 is 5.73 Å². The molecule has 1 aromatic carbocycles. The van der Waals surface area contributed by atoms with Crippen LogP contribution in [0.3, 0.4) is 0 Å². The predicted octanol–water partition coefficient (Wildman–Crippen LogP) is 2.52. The normalized spacial score (nSPS) is 19.1. The van der Waals surface area contributed by atoms with Crippen molar-refractivity contribution in [1.82, 2.24) is 4.57 Å². The molecular weight excluding hydrogens is 184 g/mol. The van der Waals surface area contributed by atoms with E-state index < -0.39 is 0 Å². The molecule has 1 fully saturated rings. The first-order valence-corrected chi connectivity index (χ1v) is 5.54. The zero-order valence-corrected chi connectivity index (χ0v) is 9.03. The van der Waals surface area contributed by atoms with Gasteiger partial charge in [0.2, 0.25) is 0 Å². The number of nitrogens with two attached hydrogens (primary N) is 1. The zero-order chi connectivity index (χ0) is 10.5. The Morgan fingerprint density at radius 1 is 1.27 bits per heavy atom. The first-order valence-electron chi connectivity index (χ1n) is 5.54. The van der Waals surface area contributed by atoms with Crippen LogP contribution in [-0.2, 0) is 12.6 Å². The summed E-state index contributed by atoms with van der Waals surface area (Å²) in [5.41, 5.74) is 8.94. The Kier molecular flexibility index (Phi) is 1.71. The van der Waals surface area contributed by atoms with E-state index in [1.807, 2.05) is 0 Å². The largest absolute Gasteiger partial charge is 0.350 e. The van der Waals surface area contributed by atoms with Gasteiger partial charge in [0, 0.05) is 29.7 Å². The lowest BCUT2D eigenvalue weighted by atomic mass is 9.73. The molecule has 78 valence electrons. The van der Waals surface area contributed by atoms with Crippen molar-refractivity contribution in [2.75, 3.05) is 0 Å². The van der Waals surface area contributed by atoms with E-state index in [-0.39, 0.29) is 5.54 Å². The Morgan fingerprint density at radius 3 is 2.67 bits per heavy atom. The minimum Gasteiger partial charge on any atom is -0.350 e. The van der Waals surface area contributed by atoms with Crippen LogP contribution in [0.1, 0.15) is 24.8 Å². The minimum atomic E-state index is -0.0547. The maximum absolute atomic E-state index is 6.39. The van der Waals surface area contributed by atoms with Crippen LogP contribution in [0.5, 0.6) is 0 Å². The monoisotopic (exact) mass is 200 g/mol. The van der Waals surface area contributed by atoms with E-state index in [4.69, 9.17) is 5.73 Å². The molecule has 0 radical (unpaired) electrons. The van der Waals surface area contributed by atoms with Gasteiger partial charge in [0.05, 0.1) is 0 Å². The summed E-state index contributed by atoms with van der Waals surface area (Å²) in [6.07, 6.45) is 5.71.